The molecular weight excluding hydrogens is 182 g/mol. The first-order valence-corrected chi connectivity index (χ1v) is 4.35. The van der Waals surface area contributed by atoms with Crippen molar-refractivity contribution in [2.45, 2.75) is 25.8 Å². The molecule has 0 fully saturated rings. The summed E-state index contributed by atoms with van der Waals surface area (Å²) < 4.78 is 0. The Bertz CT molecular complexity index is 310. The summed E-state index contributed by atoms with van der Waals surface area (Å²) >= 11 is 0. The standard InChI is InChI=1S/C9H13N3O2/c1-6-4-12-8(5-11-6)7(10)2-3-9(13)14/h4-5,7H,2-3,10H2,1H3,(H,13,14). The highest BCUT2D eigenvalue weighted by Gasteiger charge is 2.09. The summed E-state index contributed by atoms with van der Waals surface area (Å²) in [5, 5.41) is 8.46. The van der Waals surface area contributed by atoms with Gasteiger partial charge in [0.05, 0.1) is 17.6 Å². The van der Waals surface area contributed by atoms with Crippen LogP contribution in [0.3, 0.4) is 0 Å². The molecule has 0 aromatic carbocycles. The maximum absolute atomic E-state index is 10.3. The van der Waals surface area contributed by atoms with Crippen LogP contribution in [0.15, 0.2) is 12.4 Å². The number of rotatable bonds is 4. The van der Waals surface area contributed by atoms with Crippen LogP contribution in [0, 0.1) is 6.92 Å². The largest absolute Gasteiger partial charge is 0.481 e. The molecule has 0 aliphatic heterocycles. The van der Waals surface area contributed by atoms with Crippen molar-refractivity contribution in [1.82, 2.24) is 9.97 Å². The Morgan fingerprint density at radius 1 is 1.57 bits per heavy atom. The molecule has 0 amide bonds. The molecule has 5 nitrogen and oxygen atoms in total. The molecule has 0 saturated carbocycles. The van der Waals surface area contributed by atoms with E-state index in [0.29, 0.717) is 12.1 Å². The van der Waals surface area contributed by atoms with Gasteiger partial charge in [-0.1, -0.05) is 0 Å². The fourth-order valence-electron chi connectivity index (χ4n) is 1.02. The van der Waals surface area contributed by atoms with E-state index in [-0.39, 0.29) is 12.5 Å². The second kappa shape index (κ2) is 4.66. The summed E-state index contributed by atoms with van der Waals surface area (Å²) in [5.74, 6) is -0.847. The molecule has 1 aromatic rings. The minimum absolute atomic E-state index is 0.0523. The van der Waals surface area contributed by atoms with Crippen molar-refractivity contribution >= 4 is 5.97 Å². The lowest BCUT2D eigenvalue weighted by Crippen LogP contribution is -2.14. The first-order valence-electron chi connectivity index (χ1n) is 4.35. The molecular formula is C9H13N3O2. The van der Waals surface area contributed by atoms with Crippen LogP contribution >= 0.6 is 0 Å². The lowest BCUT2D eigenvalue weighted by Gasteiger charge is -2.08. The molecule has 0 aliphatic rings. The van der Waals surface area contributed by atoms with Crippen LogP contribution in [0.4, 0.5) is 0 Å². The normalized spacial score (nSPS) is 12.4. The van der Waals surface area contributed by atoms with Crippen molar-refractivity contribution in [2.24, 2.45) is 5.73 Å². The number of nitrogens with zero attached hydrogens (tertiary/aromatic N) is 2. The van der Waals surface area contributed by atoms with Crippen LogP contribution in [0.2, 0.25) is 0 Å². The summed E-state index contributed by atoms with van der Waals surface area (Å²) in [6.07, 6.45) is 3.64. The number of carboxylic acid groups (broad SMARTS) is 1. The summed E-state index contributed by atoms with van der Waals surface area (Å²) in [4.78, 5) is 18.4. The van der Waals surface area contributed by atoms with E-state index in [1.807, 2.05) is 6.92 Å². The molecule has 1 heterocycles. The Hall–Kier alpha value is -1.49. The Balaban J connectivity index is 2.56. The Morgan fingerprint density at radius 2 is 2.29 bits per heavy atom. The SMILES string of the molecule is Cc1cnc(C(N)CCC(=O)O)cn1. The van der Waals surface area contributed by atoms with Crippen LogP contribution < -0.4 is 5.73 Å². The third kappa shape index (κ3) is 3.10. The van der Waals surface area contributed by atoms with Gasteiger partial charge in [-0.3, -0.25) is 14.8 Å². The van der Waals surface area contributed by atoms with E-state index in [0.717, 1.165) is 5.69 Å². The molecule has 0 spiro atoms. The molecule has 1 aromatic heterocycles. The molecule has 0 saturated heterocycles. The number of hydrogen-bond donors (Lipinski definition) is 2. The van der Waals surface area contributed by atoms with Crippen molar-refractivity contribution < 1.29 is 9.90 Å². The van der Waals surface area contributed by atoms with E-state index in [4.69, 9.17) is 10.8 Å². The molecule has 1 rings (SSSR count). The first kappa shape index (κ1) is 10.6. The fraction of sp³-hybridized carbons (Fsp3) is 0.444. The summed E-state index contributed by atoms with van der Waals surface area (Å²) in [7, 11) is 0. The van der Waals surface area contributed by atoms with Crippen molar-refractivity contribution in [3.63, 3.8) is 0 Å². The van der Waals surface area contributed by atoms with Gasteiger partial charge in [-0.05, 0) is 13.3 Å². The van der Waals surface area contributed by atoms with Crippen molar-refractivity contribution in [2.75, 3.05) is 0 Å². The summed E-state index contributed by atoms with van der Waals surface area (Å²) in [6.45, 7) is 1.83. The quantitative estimate of drug-likeness (QED) is 0.736. The molecule has 0 aliphatic carbocycles. The number of aryl methyl sites for hydroxylation is 1. The van der Waals surface area contributed by atoms with E-state index < -0.39 is 5.97 Å². The number of aromatic nitrogens is 2. The van der Waals surface area contributed by atoms with Gasteiger partial charge in [-0.25, -0.2) is 0 Å². The molecule has 0 bridgehead atoms. The highest BCUT2D eigenvalue weighted by atomic mass is 16.4. The lowest BCUT2D eigenvalue weighted by atomic mass is 10.1. The second-order valence-electron chi connectivity index (χ2n) is 3.12. The zero-order chi connectivity index (χ0) is 10.6. The molecule has 14 heavy (non-hydrogen) atoms. The number of aliphatic carboxylic acids is 1. The first-order chi connectivity index (χ1) is 6.59. The highest BCUT2D eigenvalue weighted by molar-refractivity contribution is 5.66. The maximum Gasteiger partial charge on any atom is 0.303 e. The zero-order valence-electron chi connectivity index (χ0n) is 7.97. The van der Waals surface area contributed by atoms with Gasteiger partial charge in [-0.2, -0.15) is 0 Å². The Morgan fingerprint density at radius 3 is 2.79 bits per heavy atom. The van der Waals surface area contributed by atoms with E-state index in [1.165, 1.54) is 0 Å². The van der Waals surface area contributed by atoms with Gasteiger partial charge >= 0.3 is 5.97 Å². The van der Waals surface area contributed by atoms with Gasteiger partial charge in [0.25, 0.3) is 0 Å². The average Bonchev–Trinajstić information content (AvgIpc) is 2.15. The van der Waals surface area contributed by atoms with Gasteiger partial charge in [-0.15, -0.1) is 0 Å². The maximum atomic E-state index is 10.3. The van der Waals surface area contributed by atoms with Gasteiger partial charge in [0, 0.05) is 18.7 Å². The minimum Gasteiger partial charge on any atom is -0.481 e. The zero-order valence-corrected chi connectivity index (χ0v) is 7.97. The van der Waals surface area contributed by atoms with E-state index in [9.17, 15) is 4.79 Å². The van der Waals surface area contributed by atoms with Crippen LogP contribution in [-0.4, -0.2) is 21.0 Å². The highest BCUT2D eigenvalue weighted by Crippen LogP contribution is 2.11. The molecule has 3 N–H and O–H groups in total. The van der Waals surface area contributed by atoms with Gasteiger partial charge in [0.15, 0.2) is 0 Å². The third-order valence-corrected chi connectivity index (χ3v) is 1.85. The van der Waals surface area contributed by atoms with E-state index >= 15 is 0 Å². The predicted molar refractivity (Wildman–Crippen MR) is 50.6 cm³/mol. The van der Waals surface area contributed by atoms with Gasteiger partial charge in [0.1, 0.15) is 0 Å². The molecule has 5 heteroatoms. The Labute approximate surface area is 82.0 Å². The Kier molecular flexibility index (Phi) is 3.53. The van der Waals surface area contributed by atoms with E-state index in [1.54, 1.807) is 12.4 Å². The van der Waals surface area contributed by atoms with Gasteiger partial charge in [0.2, 0.25) is 0 Å². The fourth-order valence-corrected chi connectivity index (χ4v) is 1.02. The molecule has 1 atom stereocenters. The summed E-state index contributed by atoms with van der Waals surface area (Å²) in [5.41, 5.74) is 7.18. The van der Waals surface area contributed by atoms with E-state index in [2.05, 4.69) is 9.97 Å². The van der Waals surface area contributed by atoms with Crippen LogP contribution in [-0.2, 0) is 4.79 Å². The van der Waals surface area contributed by atoms with Crippen molar-refractivity contribution in [3.8, 4) is 0 Å². The topological polar surface area (TPSA) is 89.1 Å². The molecule has 0 radical (unpaired) electrons. The van der Waals surface area contributed by atoms with Crippen LogP contribution in [0.5, 0.6) is 0 Å². The van der Waals surface area contributed by atoms with Crippen molar-refractivity contribution in [3.05, 3.63) is 23.8 Å². The molecule has 1 unspecified atom stereocenters. The third-order valence-electron chi connectivity index (χ3n) is 1.85. The van der Waals surface area contributed by atoms with Crippen LogP contribution in [0.25, 0.3) is 0 Å². The average molecular weight is 195 g/mol. The monoisotopic (exact) mass is 195 g/mol. The smallest absolute Gasteiger partial charge is 0.303 e. The predicted octanol–water partition coefficient (Wildman–Crippen LogP) is 0.650. The minimum atomic E-state index is -0.847. The van der Waals surface area contributed by atoms with Crippen molar-refractivity contribution in [1.29, 1.82) is 0 Å². The van der Waals surface area contributed by atoms with Crippen LogP contribution in [0.1, 0.15) is 30.3 Å². The summed E-state index contributed by atoms with van der Waals surface area (Å²) in [6, 6.07) is -0.348. The lowest BCUT2D eigenvalue weighted by molar-refractivity contribution is -0.137. The molecule has 76 valence electrons. The van der Waals surface area contributed by atoms with Gasteiger partial charge < -0.3 is 10.8 Å². The number of carboxylic acids is 1. The second-order valence-corrected chi connectivity index (χ2v) is 3.12. The number of hydrogen-bond acceptors (Lipinski definition) is 4. The number of carbonyl (C=O) groups is 1. The number of nitrogens with two attached hydrogens (primary N) is 1.